The van der Waals surface area contributed by atoms with Crippen LogP contribution in [-0.2, 0) is 0 Å². The number of nitrogens with zero attached hydrogens (tertiary/aromatic N) is 7. The quantitative estimate of drug-likeness (QED) is 0.614. The fourth-order valence-electron chi connectivity index (χ4n) is 4.47. The van der Waals surface area contributed by atoms with E-state index >= 15 is 0 Å². The minimum absolute atomic E-state index is 0.175. The highest BCUT2D eigenvalue weighted by Crippen LogP contribution is 2.31. The normalized spacial score (nSPS) is 18.0. The second-order valence-electron chi connectivity index (χ2n) is 8.53. The van der Waals surface area contributed by atoms with Crippen LogP contribution in [0.2, 0.25) is 0 Å². The number of nitrogens with one attached hydrogen (secondary N) is 1. The van der Waals surface area contributed by atoms with Crippen molar-refractivity contribution in [3.8, 4) is 11.3 Å². The highest BCUT2D eigenvalue weighted by Gasteiger charge is 2.34. The highest BCUT2D eigenvalue weighted by atomic mass is 19.1. The summed E-state index contributed by atoms with van der Waals surface area (Å²) in [5, 5.41) is 12.4. The second-order valence-corrected chi connectivity index (χ2v) is 8.53. The van der Waals surface area contributed by atoms with Crippen molar-refractivity contribution in [2.75, 3.05) is 31.1 Å². The van der Waals surface area contributed by atoms with Gasteiger partial charge < -0.3 is 9.80 Å². The summed E-state index contributed by atoms with van der Waals surface area (Å²) in [5.74, 6) is -1.58. The molecule has 3 aromatic rings. The van der Waals surface area contributed by atoms with E-state index in [-0.39, 0.29) is 11.7 Å². The molecule has 2 aliphatic heterocycles. The standard InChI is InChI=1S/C23H23F3N8O/c1-13-20(14(2)31-30-13)21-18(26)12-27-22(29-21)32-5-7-33(8-6-32)23(35)34-19(3-4-28-34)15-9-16(24)11-17(25)10-15/h4,9-12,19H,3,5-8H2,1-2H3,(H,30,31). The average Bonchev–Trinajstić information content (AvgIpc) is 3.45. The van der Waals surface area contributed by atoms with Gasteiger partial charge in [-0.05, 0) is 31.5 Å². The Labute approximate surface area is 199 Å². The molecule has 35 heavy (non-hydrogen) atoms. The molecule has 2 amide bonds. The van der Waals surface area contributed by atoms with Gasteiger partial charge in [-0.1, -0.05) is 0 Å². The van der Waals surface area contributed by atoms with Crippen molar-refractivity contribution in [3.05, 3.63) is 58.8 Å². The molecular formula is C23H23F3N8O. The van der Waals surface area contributed by atoms with Gasteiger partial charge in [0.25, 0.3) is 0 Å². The summed E-state index contributed by atoms with van der Waals surface area (Å²) in [6, 6.07) is 2.30. The maximum atomic E-state index is 14.5. The zero-order valence-corrected chi connectivity index (χ0v) is 19.2. The van der Waals surface area contributed by atoms with E-state index in [1.165, 1.54) is 17.1 Å². The lowest BCUT2D eigenvalue weighted by atomic mass is 10.0. The van der Waals surface area contributed by atoms with Crippen LogP contribution in [0.4, 0.5) is 23.9 Å². The Bertz CT molecular complexity index is 1260. The summed E-state index contributed by atoms with van der Waals surface area (Å²) < 4.78 is 42.0. The predicted octanol–water partition coefficient (Wildman–Crippen LogP) is 3.58. The molecule has 2 aliphatic rings. The minimum atomic E-state index is -0.701. The largest absolute Gasteiger partial charge is 0.341 e. The van der Waals surface area contributed by atoms with E-state index in [1.54, 1.807) is 25.0 Å². The van der Waals surface area contributed by atoms with Gasteiger partial charge in [0.05, 0.1) is 17.9 Å². The van der Waals surface area contributed by atoms with Crippen molar-refractivity contribution in [3.63, 3.8) is 0 Å². The van der Waals surface area contributed by atoms with Crippen LogP contribution in [0.5, 0.6) is 0 Å². The Morgan fingerprint density at radius 3 is 2.43 bits per heavy atom. The third kappa shape index (κ3) is 4.31. The van der Waals surface area contributed by atoms with Crippen LogP contribution in [0.3, 0.4) is 0 Å². The number of halogens is 3. The van der Waals surface area contributed by atoms with E-state index in [2.05, 4.69) is 25.3 Å². The van der Waals surface area contributed by atoms with Gasteiger partial charge in [0.15, 0.2) is 5.82 Å². The summed E-state index contributed by atoms with van der Waals surface area (Å²) in [7, 11) is 0. The third-order valence-electron chi connectivity index (χ3n) is 6.22. The highest BCUT2D eigenvalue weighted by molar-refractivity contribution is 5.79. The number of anilines is 1. The van der Waals surface area contributed by atoms with E-state index in [0.29, 0.717) is 61.1 Å². The molecule has 5 rings (SSSR count). The Hall–Kier alpha value is -3.96. The molecular weight excluding hydrogens is 461 g/mol. The number of hydrazone groups is 1. The number of carbonyl (C=O) groups excluding carboxylic acids is 1. The molecule has 0 bridgehead atoms. The monoisotopic (exact) mass is 484 g/mol. The molecule has 0 saturated carbocycles. The van der Waals surface area contributed by atoms with Crippen LogP contribution in [0, 0.1) is 31.3 Å². The minimum Gasteiger partial charge on any atom is -0.337 e. The first-order chi connectivity index (χ1) is 16.8. The van der Waals surface area contributed by atoms with Gasteiger partial charge in [0.2, 0.25) is 5.95 Å². The van der Waals surface area contributed by atoms with Crippen molar-refractivity contribution in [1.82, 2.24) is 30.1 Å². The van der Waals surface area contributed by atoms with E-state index in [9.17, 15) is 18.0 Å². The van der Waals surface area contributed by atoms with E-state index in [4.69, 9.17) is 0 Å². The lowest BCUT2D eigenvalue weighted by Gasteiger charge is -2.37. The first kappa shape index (κ1) is 22.8. The molecule has 1 unspecified atom stereocenters. The molecule has 0 spiro atoms. The van der Waals surface area contributed by atoms with Crippen LogP contribution in [0.15, 0.2) is 29.5 Å². The smallest absolute Gasteiger partial charge is 0.337 e. The SMILES string of the molecule is Cc1n[nH]c(C)c1-c1nc(N2CCN(C(=O)N3N=CCC3c3cc(F)cc(F)c3)CC2)ncc1F. The summed E-state index contributed by atoms with van der Waals surface area (Å²) in [6.45, 7) is 5.14. The van der Waals surface area contributed by atoms with E-state index in [1.807, 2.05) is 4.90 Å². The Balaban J connectivity index is 1.29. The van der Waals surface area contributed by atoms with Crippen LogP contribution < -0.4 is 4.90 Å². The van der Waals surface area contributed by atoms with Crippen molar-refractivity contribution in [1.29, 1.82) is 0 Å². The number of piperazine rings is 1. The summed E-state index contributed by atoms with van der Waals surface area (Å²) in [4.78, 5) is 25.3. The molecule has 1 fully saturated rings. The van der Waals surface area contributed by atoms with E-state index < -0.39 is 23.5 Å². The Morgan fingerprint density at radius 1 is 1.06 bits per heavy atom. The molecule has 9 nitrogen and oxygen atoms in total. The number of aromatic nitrogens is 4. The molecule has 1 saturated heterocycles. The van der Waals surface area contributed by atoms with Gasteiger partial charge in [-0.15, -0.1) is 0 Å². The first-order valence-corrected chi connectivity index (χ1v) is 11.2. The number of hydrogen-bond donors (Lipinski definition) is 1. The lowest BCUT2D eigenvalue weighted by molar-refractivity contribution is 0.139. The number of hydrogen-bond acceptors (Lipinski definition) is 6. The number of aromatic amines is 1. The van der Waals surface area contributed by atoms with Gasteiger partial charge in [-0.25, -0.2) is 32.9 Å². The van der Waals surface area contributed by atoms with Crippen molar-refractivity contribution >= 4 is 18.2 Å². The number of carbonyl (C=O) groups is 1. The fourth-order valence-corrected chi connectivity index (χ4v) is 4.47. The lowest BCUT2D eigenvalue weighted by Crippen LogP contribution is -2.52. The van der Waals surface area contributed by atoms with Gasteiger partial charge in [-0.3, -0.25) is 5.10 Å². The molecule has 1 N–H and O–H groups in total. The summed E-state index contributed by atoms with van der Waals surface area (Å²) in [6.07, 6.45) is 3.08. The first-order valence-electron chi connectivity index (χ1n) is 11.2. The van der Waals surface area contributed by atoms with Crippen LogP contribution >= 0.6 is 0 Å². The molecule has 12 heteroatoms. The summed E-state index contributed by atoms with van der Waals surface area (Å²) in [5.41, 5.74) is 2.48. The molecule has 0 radical (unpaired) electrons. The van der Waals surface area contributed by atoms with Gasteiger partial charge in [0, 0.05) is 56.1 Å². The topological polar surface area (TPSA) is 93.6 Å². The van der Waals surface area contributed by atoms with Gasteiger partial charge >= 0.3 is 6.03 Å². The van der Waals surface area contributed by atoms with Crippen LogP contribution in [0.1, 0.15) is 29.4 Å². The van der Waals surface area contributed by atoms with Crippen molar-refractivity contribution in [2.24, 2.45) is 5.10 Å². The second kappa shape index (κ2) is 9.01. The maximum Gasteiger partial charge on any atom is 0.341 e. The molecule has 4 heterocycles. The number of aryl methyl sites for hydroxylation is 2. The van der Waals surface area contributed by atoms with Gasteiger partial charge in [-0.2, -0.15) is 10.2 Å². The molecule has 1 atom stereocenters. The van der Waals surface area contributed by atoms with E-state index in [0.717, 1.165) is 12.3 Å². The number of benzene rings is 1. The van der Waals surface area contributed by atoms with Gasteiger partial charge in [0.1, 0.15) is 17.3 Å². The Morgan fingerprint density at radius 2 is 1.77 bits per heavy atom. The van der Waals surface area contributed by atoms with Crippen molar-refractivity contribution < 1.29 is 18.0 Å². The predicted molar refractivity (Wildman–Crippen MR) is 122 cm³/mol. The number of urea groups is 1. The molecule has 0 aliphatic carbocycles. The number of amides is 2. The zero-order valence-electron chi connectivity index (χ0n) is 19.2. The number of H-pyrrole nitrogens is 1. The summed E-state index contributed by atoms with van der Waals surface area (Å²) >= 11 is 0. The third-order valence-corrected chi connectivity index (χ3v) is 6.22. The number of rotatable bonds is 3. The molecule has 1 aromatic carbocycles. The molecule has 2 aromatic heterocycles. The average molecular weight is 484 g/mol. The molecule has 182 valence electrons. The fraction of sp³-hybridized carbons (Fsp3) is 0.348. The van der Waals surface area contributed by atoms with Crippen LogP contribution in [0.25, 0.3) is 11.3 Å². The Kier molecular flexibility index (Phi) is 5.87. The maximum absolute atomic E-state index is 14.5. The zero-order chi connectivity index (χ0) is 24.7. The van der Waals surface area contributed by atoms with Crippen LogP contribution in [-0.4, -0.2) is 68.5 Å². The van der Waals surface area contributed by atoms with Crippen molar-refractivity contribution in [2.45, 2.75) is 26.3 Å².